The average Bonchev–Trinajstić information content (AvgIpc) is 3.42. The van der Waals surface area contributed by atoms with Crippen molar-refractivity contribution in [3.8, 4) is 0 Å². The maximum absolute atomic E-state index is 13.6. The molecule has 15 nitrogen and oxygen atoms in total. The Kier molecular flexibility index (Phi) is 13.1. The van der Waals surface area contributed by atoms with Crippen molar-refractivity contribution < 1.29 is 34.2 Å². The lowest BCUT2D eigenvalue weighted by molar-refractivity contribution is -0.143. The molecule has 0 radical (unpaired) electrons. The number of rotatable bonds is 18. The number of nitrogens with one attached hydrogen (secondary N) is 4. The zero-order valence-electron chi connectivity index (χ0n) is 25.1. The molecule has 0 saturated heterocycles. The van der Waals surface area contributed by atoms with Crippen LogP contribution < -0.4 is 33.2 Å². The number of aromatic amines is 1. The van der Waals surface area contributed by atoms with Gasteiger partial charge in [0.05, 0.1) is 6.04 Å². The summed E-state index contributed by atoms with van der Waals surface area (Å²) < 4.78 is 0. The molecule has 1 aromatic heterocycles. The van der Waals surface area contributed by atoms with Crippen LogP contribution in [0.5, 0.6) is 0 Å². The zero-order chi connectivity index (χ0) is 33.6. The van der Waals surface area contributed by atoms with Crippen molar-refractivity contribution >= 4 is 46.5 Å². The Morgan fingerprint density at radius 1 is 0.783 bits per heavy atom. The molecule has 0 aliphatic rings. The van der Waals surface area contributed by atoms with Crippen molar-refractivity contribution in [2.45, 2.75) is 62.7 Å². The van der Waals surface area contributed by atoms with Crippen LogP contribution in [-0.2, 0) is 36.8 Å². The van der Waals surface area contributed by atoms with Gasteiger partial charge in [-0.3, -0.25) is 24.2 Å². The standard InChI is InChI=1S/C31H40N8O7/c32-21(16-19-17-36-22-10-5-4-9-20(19)22)27(42)37-23(11-6-14-35-31(33)34)28(43)39-25(15-18-7-2-1-3-8-18)29(44)38-24(30(45)46)12-13-26(40)41/h1-5,7-10,17,21,23-25,36H,6,11-16,32H2,(H,37,42)(H,38,44)(H,39,43)(H,40,41)(H,45,46)(H4,33,34,35). The van der Waals surface area contributed by atoms with E-state index in [9.17, 15) is 29.1 Å². The van der Waals surface area contributed by atoms with E-state index in [1.54, 1.807) is 36.5 Å². The topological polar surface area (TPSA) is 268 Å². The number of nitrogens with zero attached hydrogens (tertiary/aromatic N) is 1. The third-order valence-corrected chi connectivity index (χ3v) is 7.21. The fourth-order valence-corrected chi connectivity index (χ4v) is 4.81. The van der Waals surface area contributed by atoms with E-state index in [0.29, 0.717) is 12.0 Å². The third kappa shape index (κ3) is 10.9. The Morgan fingerprint density at radius 3 is 2.09 bits per heavy atom. The number of aliphatic carboxylic acids is 2. The van der Waals surface area contributed by atoms with E-state index in [4.69, 9.17) is 22.3 Å². The number of aliphatic imine (C=N–C) groups is 1. The van der Waals surface area contributed by atoms with Gasteiger partial charge in [-0.1, -0.05) is 48.5 Å². The summed E-state index contributed by atoms with van der Waals surface area (Å²) in [5.74, 6) is -4.94. The number of carbonyl (C=O) groups is 5. The van der Waals surface area contributed by atoms with Gasteiger partial charge in [0.1, 0.15) is 18.1 Å². The second kappa shape index (κ2) is 17.2. The predicted molar refractivity (Wildman–Crippen MR) is 170 cm³/mol. The van der Waals surface area contributed by atoms with Gasteiger partial charge in [0.2, 0.25) is 17.7 Å². The first-order chi connectivity index (χ1) is 21.9. The van der Waals surface area contributed by atoms with Gasteiger partial charge < -0.3 is 48.3 Å². The van der Waals surface area contributed by atoms with Crippen molar-refractivity contribution in [1.29, 1.82) is 0 Å². The molecule has 0 aliphatic carbocycles. The summed E-state index contributed by atoms with van der Waals surface area (Å²) in [6, 6.07) is 11.3. The van der Waals surface area contributed by atoms with Crippen LogP contribution in [0, 0.1) is 0 Å². The Bertz CT molecular complexity index is 1540. The second-order valence-electron chi connectivity index (χ2n) is 10.8. The molecule has 2 aromatic carbocycles. The Labute approximate surface area is 265 Å². The van der Waals surface area contributed by atoms with Gasteiger partial charge in [-0.25, -0.2) is 4.79 Å². The highest BCUT2D eigenvalue weighted by atomic mass is 16.4. The summed E-state index contributed by atoms with van der Waals surface area (Å²) in [6.45, 7) is 0.168. The van der Waals surface area contributed by atoms with Gasteiger partial charge in [0, 0.05) is 36.5 Å². The number of carboxylic acids is 2. The van der Waals surface area contributed by atoms with E-state index >= 15 is 0 Å². The smallest absolute Gasteiger partial charge is 0.326 e. The number of hydrogen-bond donors (Lipinski definition) is 9. The average molecular weight is 637 g/mol. The largest absolute Gasteiger partial charge is 0.481 e. The lowest BCUT2D eigenvalue weighted by Gasteiger charge is -2.25. The molecule has 0 aliphatic heterocycles. The molecule has 3 rings (SSSR count). The molecule has 3 aromatic rings. The van der Waals surface area contributed by atoms with Crippen LogP contribution in [0.25, 0.3) is 10.9 Å². The molecule has 1 heterocycles. The predicted octanol–water partition coefficient (Wildman–Crippen LogP) is -0.262. The van der Waals surface area contributed by atoms with Crippen LogP contribution in [0.1, 0.15) is 36.8 Å². The van der Waals surface area contributed by atoms with E-state index in [2.05, 4.69) is 25.9 Å². The van der Waals surface area contributed by atoms with Gasteiger partial charge in [-0.2, -0.15) is 0 Å². The minimum Gasteiger partial charge on any atom is -0.481 e. The zero-order valence-corrected chi connectivity index (χ0v) is 25.1. The molecule has 46 heavy (non-hydrogen) atoms. The Hall–Kier alpha value is -5.44. The van der Waals surface area contributed by atoms with Crippen molar-refractivity contribution in [2.24, 2.45) is 22.2 Å². The first-order valence-electron chi connectivity index (χ1n) is 14.7. The minimum absolute atomic E-state index is 0.0154. The summed E-state index contributed by atoms with van der Waals surface area (Å²) in [7, 11) is 0. The molecule has 246 valence electrons. The van der Waals surface area contributed by atoms with Crippen molar-refractivity contribution in [3.05, 3.63) is 71.9 Å². The molecule has 0 spiro atoms. The number of fused-ring (bicyclic) bond motifs is 1. The lowest BCUT2D eigenvalue weighted by Crippen LogP contribution is -2.57. The summed E-state index contributed by atoms with van der Waals surface area (Å²) in [5, 5.41) is 27.1. The maximum atomic E-state index is 13.6. The maximum Gasteiger partial charge on any atom is 0.326 e. The number of amides is 3. The van der Waals surface area contributed by atoms with Crippen LogP contribution >= 0.6 is 0 Å². The van der Waals surface area contributed by atoms with Crippen LogP contribution in [0.3, 0.4) is 0 Å². The highest BCUT2D eigenvalue weighted by Crippen LogP contribution is 2.19. The minimum atomic E-state index is -1.50. The number of benzene rings is 2. The quantitative estimate of drug-likeness (QED) is 0.0501. The molecular weight excluding hydrogens is 596 g/mol. The first-order valence-corrected chi connectivity index (χ1v) is 14.7. The molecule has 0 saturated carbocycles. The van der Waals surface area contributed by atoms with Crippen molar-refractivity contribution in [3.63, 3.8) is 0 Å². The van der Waals surface area contributed by atoms with Crippen molar-refractivity contribution in [2.75, 3.05) is 6.54 Å². The third-order valence-electron chi connectivity index (χ3n) is 7.21. The summed E-state index contributed by atoms with van der Waals surface area (Å²) >= 11 is 0. The number of carboxylic acid groups (broad SMARTS) is 2. The number of para-hydroxylation sites is 1. The molecule has 4 unspecified atom stereocenters. The highest BCUT2D eigenvalue weighted by Gasteiger charge is 2.31. The molecule has 12 N–H and O–H groups in total. The van der Waals surface area contributed by atoms with Gasteiger partial charge in [0.15, 0.2) is 5.96 Å². The summed E-state index contributed by atoms with van der Waals surface area (Å²) in [6.07, 6.45) is 1.47. The van der Waals surface area contributed by atoms with Crippen LogP contribution in [0.2, 0.25) is 0 Å². The van der Waals surface area contributed by atoms with E-state index in [1.165, 1.54) is 0 Å². The van der Waals surface area contributed by atoms with Crippen LogP contribution in [-0.4, -0.2) is 81.5 Å². The number of guanidine groups is 1. The summed E-state index contributed by atoms with van der Waals surface area (Å²) in [5.41, 5.74) is 19.4. The summed E-state index contributed by atoms with van der Waals surface area (Å²) in [4.78, 5) is 70.0. The molecular formula is C31H40N8O7. The molecule has 4 atom stereocenters. The molecule has 15 heteroatoms. The number of H-pyrrole nitrogens is 1. The first kappa shape index (κ1) is 35.0. The van der Waals surface area contributed by atoms with E-state index < -0.39 is 60.2 Å². The fraction of sp³-hybridized carbons (Fsp3) is 0.355. The number of aromatic nitrogens is 1. The highest BCUT2D eigenvalue weighted by molar-refractivity contribution is 5.94. The Balaban J connectivity index is 1.78. The van der Waals surface area contributed by atoms with E-state index in [-0.39, 0.29) is 38.2 Å². The monoisotopic (exact) mass is 636 g/mol. The van der Waals surface area contributed by atoms with Gasteiger partial charge in [-0.15, -0.1) is 0 Å². The lowest BCUT2D eigenvalue weighted by atomic mass is 10.0. The van der Waals surface area contributed by atoms with Gasteiger partial charge in [-0.05, 0) is 42.9 Å². The second-order valence-corrected chi connectivity index (χ2v) is 10.8. The van der Waals surface area contributed by atoms with Crippen molar-refractivity contribution in [1.82, 2.24) is 20.9 Å². The molecule has 0 bridgehead atoms. The molecule has 3 amide bonds. The van der Waals surface area contributed by atoms with Crippen LogP contribution in [0.4, 0.5) is 0 Å². The Morgan fingerprint density at radius 2 is 1.41 bits per heavy atom. The number of carbonyl (C=O) groups excluding carboxylic acids is 3. The number of nitrogens with two attached hydrogens (primary N) is 3. The fourth-order valence-electron chi connectivity index (χ4n) is 4.81. The van der Waals surface area contributed by atoms with E-state index in [0.717, 1.165) is 16.5 Å². The van der Waals surface area contributed by atoms with E-state index in [1.807, 2.05) is 24.3 Å². The van der Waals surface area contributed by atoms with Gasteiger partial charge in [0.25, 0.3) is 0 Å². The molecule has 0 fully saturated rings. The normalized spacial score (nSPS) is 13.5. The SMILES string of the molecule is NC(N)=NCCCC(NC(=O)C(N)Cc1c[nH]c2ccccc12)C(=O)NC(Cc1ccccc1)C(=O)NC(CCC(=O)O)C(=O)O. The van der Waals surface area contributed by atoms with Crippen LogP contribution in [0.15, 0.2) is 65.8 Å². The number of hydrogen-bond acceptors (Lipinski definition) is 7. The van der Waals surface area contributed by atoms with Gasteiger partial charge >= 0.3 is 11.9 Å².